The van der Waals surface area contributed by atoms with Crippen LogP contribution in [0.15, 0.2) is 29.2 Å². The lowest BCUT2D eigenvalue weighted by atomic mass is 10.1. The minimum atomic E-state index is -3.62. The summed E-state index contributed by atoms with van der Waals surface area (Å²) in [5.41, 5.74) is 0.664. The molecular formula is C22H32N2O4S. The Balaban J connectivity index is 1.73. The molecule has 160 valence electrons. The molecule has 1 aromatic carbocycles. The van der Waals surface area contributed by atoms with Crippen molar-refractivity contribution >= 4 is 22.0 Å². The van der Waals surface area contributed by atoms with Crippen LogP contribution in [0.3, 0.4) is 0 Å². The number of amides is 1. The van der Waals surface area contributed by atoms with Crippen molar-refractivity contribution in [2.75, 3.05) is 20.2 Å². The van der Waals surface area contributed by atoms with Crippen LogP contribution in [0.4, 0.5) is 0 Å². The van der Waals surface area contributed by atoms with Crippen LogP contribution in [0.1, 0.15) is 63.4 Å². The van der Waals surface area contributed by atoms with Crippen molar-refractivity contribution in [3.8, 4) is 5.75 Å². The molecule has 1 aliphatic heterocycles. The average molecular weight is 421 g/mol. The van der Waals surface area contributed by atoms with Crippen LogP contribution < -0.4 is 10.1 Å². The maximum absolute atomic E-state index is 13.1. The normalized spacial score (nSPS) is 19.8. The van der Waals surface area contributed by atoms with Gasteiger partial charge in [0.05, 0.1) is 7.11 Å². The molecule has 1 heterocycles. The van der Waals surface area contributed by atoms with Crippen molar-refractivity contribution in [1.29, 1.82) is 0 Å². The summed E-state index contributed by atoms with van der Waals surface area (Å²) in [6.07, 6.45) is 12.8. The van der Waals surface area contributed by atoms with E-state index < -0.39 is 10.0 Å². The van der Waals surface area contributed by atoms with Crippen LogP contribution in [0.2, 0.25) is 0 Å². The molecule has 3 rings (SSSR count). The molecule has 1 aromatic rings. The Kier molecular flexibility index (Phi) is 7.72. The SMILES string of the molecule is COc1ccc(/C=C/C(=O)NC2CCCCCC2)cc1S(=O)(=O)N1CCCCC1. The number of nitrogens with zero attached hydrogens (tertiary/aromatic N) is 1. The van der Waals surface area contributed by atoms with Crippen molar-refractivity contribution in [3.63, 3.8) is 0 Å². The Labute approximate surface area is 174 Å². The number of ether oxygens (including phenoxy) is 1. The lowest BCUT2D eigenvalue weighted by Gasteiger charge is -2.26. The van der Waals surface area contributed by atoms with Gasteiger partial charge in [-0.25, -0.2) is 8.42 Å². The first-order valence-electron chi connectivity index (χ1n) is 10.7. The maximum atomic E-state index is 13.1. The first-order chi connectivity index (χ1) is 14.0. The van der Waals surface area contributed by atoms with E-state index >= 15 is 0 Å². The summed E-state index contributed by atoms with van der Waals surface area (Å²) in [5.74, 6) is 0.198. The highest BCUT2D eigenvalue weighted by Crippen LogP contribution is 2.30. The molecule has 0 atom stereocenters. The van der Waals surface area contributed by atoms with Crippen LogP contribution in [0, 0.1) is 0 Å². The van der Waals surface area contributed by atoms with Crippen molar-refractivity contribution in [1.82, 2.24) is 9.62 Å². The molecule has 0 aromatic heterocycles. The number of rotatable bonds is 6. The summed E-state index contributed by atoms with van der Waals surface area (Å²) in [7, 11) is -2.15. The number of sulfonamides is 1. The van der Waals surface area contributed by atoms with E-state index in [1.807, 2.05) is 0 Å². The van der Waals surface area contributed by atoms with Crippen molar-refractivity contribution in [2.24, 2.45) is 0 Å². The number of hydrogen-bond donors (Lipinski definition) is 1. The van der Waals surface area contributed by atoms with E-state index in [1.54, 1.807) is 24.3 Å². The van der Waals surface area contributed by atoms with Crippen molar-refractivity contribution < 1.29 is 17.9 Å². The van der Waals surface area contributed by atoms with Gasteiger partial charge in [-0.1, -0.05) is 38.2 Å². The van der Waals surface area contributed by atoms with Gasteiger partial charge in [0.15, 0.2) is 0 Å². The quantitative estimate of drug-likeness (QED) is 0.562. The number of benzene rings is 1. The van der Waals surface area contributed by atoms with Gasteiger partial charge in [0.25, 0.3) is 0 Å². The topological polar surface area (TPSA) is 75.7 Å². The first kappa shape index (κ1) is 21.8. The molecule has 0 unspecified atom stereocenters. The second-order valence-electron chi connectivity index (χ2n) is 7.91. The van der Waals surface area contributed by atoms with E-state index in [0.29, 0.717) is 24.4 Å². The second-order valence-corrected chi connectivity index (χ2v) is 9.81. The molecule has 2 fully saturated rings. The van der Waals surface area contributed by atoms with Gasteiger partial charge in [0.1, 0.15) is 10.6 Å². The monoisotopic (exact) mass is 420 g/mol. The predicted molar refractivity (Wildman–Crippen MR) is 114 cm³/mol. The molecule has 2 aliphatic rings. The molecule has 1 aliphatic carbocycles. The van der Waals surface area contributed by atoms with Crippen molar-refractivity contribution in [2.45, 2.75) is 68.7 Å². The summed E-state index contributed by atoms with van der Waals surface area (Å²) in [6.45, 7) is 1.07. The standard InChI is InChI=1S/C22H32N2O4S/c1-28-20-13-11-18(12-14-22(25)23-19-9-5-2-3-6-10-19)17-21(20)29(26,27)24-15-7-4-8-16-24/h11-14,17,19H,2-10,15-16H2,1H3,(H,23,25)/b14-12+. The second kappa shape index (κ2) is 10.3. The number of methoxy groups -OCH3 is 1. The molecule has 1 saturated carbocycles. The number of hydrogen-bond acceptors (Lipinski definition) is 4. The Morgan fingerprint density at radius 3 is 2.38 bits per heavy atom. The Morgan fingerprint density at radius 1 is 1.07 bits per heavy atom. The van der Waals surface area contributed by atoms with Gasteiger partial charge in [-0.3, -0.25) is 4.79 Å². The number of carbonyl (C=O) groups is 1. The highest BCUT2D eigenvalue weighted by molar-refractivity contribution is 7.89. The highest BCUT2D eigenvalue weighted by atomic mass is 32.2. The average Bonchev–Trinajstić information content (AvgIpc) is 3.01. The van der Waals surface area contributed by atoms with Crippen LogP contribution in [-0.4, -0.2) is 44.9 Å². The lowest BCUT2D eigenvalue weighted by molar-refractivity contribution is -0.117. The molecule has 7 heteroatoms. The highest BCUT2D eigenvalue weighted by Gasteiger charge is 2.29. The van der Waals surface area contributed by atoms with Gasteiger partial charge in [-0.15, -0.1) is 0 Å². The zero-order chi connectivity index (χ0) is 20.7. The van der Waals surface area contributed by atoms with Gasteiger partial charge < -0.3 is 10.1 Å². The fraction of sp³-hybridized carbons (Fsp3) is 0.591. The molecule has 0 bridgehead atoms. The third-order valence-corrected chi connectivity index (χ3v) is 7.67. The molecular weight excluding hydrogens is 388 g/mol. The van der Waals surface area contributed by atoms with Gasteiger partial charge in [0.2, 0.25) is 15.9 Å². The molecule has 1 saturated heterocycles. The number of piperidine rings is 1. The van der Waals surface area contributed by atoms with Crippen LogP contribution in [0.5, 0.6) is 5.75 Å². The summed E-state index contributed by atoms with van der Waals surface area (Å²) in [5, 5.41) is 3.07. The van der Waals surface area contributed by atoms with E-state index in [9.17, 15) is 13.2 Å². The summed E-state index contributed by atoms with van der Waals surface area (Å²) < 4.78 is 33.0. The Morgan fingerprint density at radius 2 is 1.72 bits per heavy atom. The summed E-state index contributed by atoms with van der Waals surface area (Å²) >= 11 is 0. The third kappa shape index (κ3) is 5.82. The predicted octanol–water partition coefficient (Wildman–Crippen LogP) is 3.72. The summed E-state index contributed by atoms with van der Waals surface area (Å²) in [6, 6.07) is 5.25. The van der Waals surface area contributed by atoms with Gasteiger partial charge in [0, 0.05) is 25.2 Å². The van der Waals surface area contributed by atoms with Crippen molar-refractivity contribution in [3.05, 3.63) is 29.8 Å². The molecule has 6 nitrogen and oxygen atoms in total. The Hall–Kier alpha value is -1.86. The fourth-order valence-electron chi connectivity index (χ4n) is 4.09. The van der Waals surface area contributed by atoms with Gasteiger partial charge in [-0.05, 0) is 49.5 Å². The van der Waals surface area contributed by atoms with Crippen LogP contribution >= 0.6 is 0 Å². The maximum Gasteiger partial charge on any atom is 0.246 e. The van der Waals surface area contributed by atoms with Gasteiger partial charge in [-0.2, -0.15) is 4.31 Å². The molecule has 29 heavy (non-hydrogen) atoms. The minimum absolute atomic E-state index is 0.131. The minimum Gasteiger partial charge on any atom is -0.495 e. The molecule has 0 spiro atoms. The number of nitrogens with one attached hydrogen (secondary N) is 1. The van der Waals surface area contributed by atoms with E-state index in [0.717, 1.165) is 44.9 Å². The lowest BCUT2D eigenvalue weighted by Crippen LogP contribution is -2.35. The fourth-order valence-corrected chi connectivity index (χ4v) is 5.80. The Bertz CT molecular complexity index is 821. The largest absolute Gasteiger partial charge is 0.495 e. The van der Waals surface area contributed by atoms with E-state index in [1.165, 1.54) is 30.3 Å². The van der Waals surface area contributed by atoms with E-state index in [4.69, 9.17) is 4.74 Å². The summed E-state index contributed by atoms with van der Waals surface area (Å²) in [4.78, 5) is 12.5. The molecule has 0 radical (unpaired) electrons. The van der Waals surface area contributed by atoms with E-state index in [-0.39, 0.29) is 16.8 Å². The number of carbonyl (C=O) groups excluding carboxylic acids is 1. The zero-order valence-corrected chi connectivity index (χ0v) is 18.0. The third-order valence-electron chi connectivity index (χ3n) is 5.75. The van der Waals surface area contributed by atoms with Gasteiger partial charge >= 0.3 is 0 Å². The molecule has 1 amide bonds. The molecule has 1 N–H and O–H groups in total. The zero-order valence-electron chi connectivity index (χ0n) is 17.2. The van der Waals surface area contributed by atoms with Crippen LogP contribution in [-0.2, 0) is 14.8 Å². The smallest absolute Gasteiger partial charge is 0.246 e. The van der Waals surface area contributed by atoms with Crippen LogP contribution in [0.25, 0.3) is 6.08 Å². The first-order valence-corrected chi connectivity index (χ1v) is 12.1. The van der Waals surface area contributed by atoms with E-state index in [2.05, 4.69) is 5.32 Å².